The molecule has 11 heteroatoms. The van der Waals surface area contributed by atoms with Crippen molar-refractivity contribution in [2.24, 2.45) is 0 Å². The smallest absolute Gasteiger partial charge is 0.343 e. The van der Waals surface area contributed by atoms with Crippen molar-refractivity contribution in [1.29, 1.82) is 0 Å². The lowest BCUT2D eigenvalue weighted by Gasteiger charge is -2.31. The summed E-state index contributed by atoms with van der Waals surface area (Å²) in [6, 6.07) is 10.8. The molecule has 0 bridgehead atoms. The van der Waals surface area contributed by atoms with E-state index in [4.69, 9.17) is 28.9 Å². The number of benzene rings is 1. The quantitative estimate of drug-likeness (QED) is 0.352. The Morgan fingerprint density at radius 1 is 0.952 bits per heavy atom. The summed E-state index contributed by atoms with van der Waals surface area (Å²) < 4.78 is 22.9. The first kappa shape index (κ1) is 28.4. The molecule has 1 aromatic carbocycles. The predicted octanol–water partition coefficient (Wildman–Crippen LogP) is 4.43. The van der Waals surface area contributed by atoms with Crippen molar-refractivity contribution in [3.63, 3.8) is 0 Å². The van der Waals surface area contributed by atoms with Crippen molar-refractivity contribution in [2.45, 2.75) is 63.6 Å². The van der Waals surface area contributed by atoms with Crippen LogP contribution in [-0.2, 0) is 14.2 Å². The molecule has 1 aliphatic carbocycles. The van der Waals surface area contributed by atoms with Crippen LogP contribution in [0.3, 0.4) is 0 Å². The van der Waals surface area contributed by atoms with Crippen molar-refractivity contribution in [3.8, 4) is 5.88 Å². The molecule has 3 aliphatic rings. The monoisotopic (exact) mass is 576 g/mol. The van der Waals surface area contributed by atoms with Gasteiger partial charge in [-0.15, -0.1) is 0 Å². The first-order valence-corrected chi connectivity index (χ1v) is 15.2. The highest BCUT2D eigenvalue weighted by atomic mass is 16.5. The summed E-state index contributed by atoms with van der Waals surface area (Å²) >= 11 is 0. The molecule has 2 aromatic heterocycles. The van der Waals surface area contributed by atoms with Crippen LogP contribution in [0.5, 0.6) is 5.88 Å². The van der Waals surface area contributed by atoms with Gasteiger partial charge in [0.25, 0.3) is 0 Å². The number of hydrogen-bond acceptors (Lipinski definition) is 11. The molecule has 224 valence electrons. The van der Waals surface area contributed by atoms with Crippen LogP contribution < -0.4 is 20.3 Å². The molecule has 6 rings (SSSR count). The highest BCUT2D eigenvalue weighted by Crippen LogP contribution is 2.32. The topological polar surface area (TPSA) is 120 Å². The first-order chi connectivity index (χ1) is 20.7. The third-order valence-corrected chi connectivity index (χ3v) is 8.16. The van der Waals surface area contributed by atoms with Gasteiger partial charge in [-0.25, -0.2) is 9.78 Å². The minimum Gasteiger partial charge on any atom is -0.474 e. The van der Waals surface area contributed by atoms with Crippen molar-refractivity contribution in [1.82, 2.24) is 15.0 Å². The largest absolute Gasteiger partial charge is 0.474 e. The van der Waals surface area contributed by atoms with E-state index in [1.165, 1.54) is 0 Å². The molecule has 0 unspecified atom stereocenters. The van der Waals surface area contributed by atoms with Crippen LogP contribution >= 0.6 is 0 Å². The minimum absolute atomic E-state index is 0.0552. The van der Waals surface area contributed by atoms with E-state index in [-0.39, 0.29) is 24.8 Å². The van der Waals surface area contributed by atoms with Gasteiger partial charge in [0.2, 0.25) is 11.8 Å². The summed E-state index contributed by atoms with van der Waals surface area (Å²) in [5.74, 6) is 2.21. The molecule has 0 spiro atoms. The number of rotatable bonds is 9. The van der Waals surface area contributed by atoms with E-state index in [0.29, 0.717) is 36.4 Å². The standard InChI is InChI=1S/C31H40N6O5/c1-2-41-30(38)26-20-32-31(34-23-11-15-39-16-12-23)36-28(26)33-22-7-9-24(10-8-22)42-29-25-6-4-3-5-21(25)19-27(35-29)37-13-17-40-18-14-37/h3-6,19-20,22-24H,2,7-18H2,1H3,(H2,32,33,34,36)/t22-,24+. The Morgan fingerprint density at radius 2 is 1.69 bits per heavy atom. The maximum atomic E-state index is 12.7. The molecule has 1 saturated carbocycles. The predicted molar refractivity (Wildman–Crippen MR) is 161 cm³/mol. The van der Waals surface area contributed by atoms with Gasteiger partial charge in [0.05, 0.1) is 19.8 Å². The fourth-order valence-corrected chi connectivity index (χ4v) is 5.82. The van der Waals surface area contributed by atoms with Crippen LogP contribution in [0.1, 0.15) is 55.8 Å². The number of esters is 1. The molecule has 2 aliphatic heterocycles. The fraction of sp³-hybridized carbons (Fsp3) is 0.548. The molecule has 0 radical (unpaired) electrons. The zero-order chi connectivity index (χ0) is 28.7. The number of nitrogens with zero attached hydrogens (tertiary/aromatic N) is 4. The van der Waals surface area contributed by atoms with E-state index in [1.807, 2.05) is 12.1 Å². The number of morpholine rings is 1. The lowest BCUT2D eigenvalue weighted by Crippen LogP contribution is -2.37. The average molecular weight is 577 g/mol. The highest BCUT2D eigenvalue weighted by molar-refractivity contribution is 5.94. The zero-order valence-corrected chi connectivity index (χ0v) is 24.2. The molecule has 2 N–H and O–H groups in total. The van der Waals surface area contributed by atoms with Crippen molar-refractivity contribution in [2.75, 3.05) is 61.7 Å². The van der Waals surface area contributed by atoms with E-state index in [1.54, 1.807) is 13.1 Å². The van der Waals surface area contributed by atoms with Gasteiger partial charge < -0.3 is 34.5 Å². The number of carbonyl (C=O) groups is 1. The molecular formula is C31H40N6O5. The van der Waals surface area contributed by atoms with Gasteiger partial charge >= 0.3 is 5.97 Å². The van der Waals surface area contributed by atoms with E-state index in [9.17, 15) is 4.79 Å². The Hall–Kier alpha value is -3.70. The molecule has 3 fully saturated rings. The van der Waals surface area contributed by atoms with Crippen molar-refractivity contribution < 1.29 is 23.7 Å². The average Bonchev–Trinajstić information content (AvgIpc) is 3.03. The third kappa shape index (κ3) is 6.84. The van der Waals surface area contributed by atoms with Gasteiger partial charge in [-0.3, -0.25) is 0 Å². The van der Waals surface area contributed by atoms with E-state index >= 15 is 0 Å². The Morgan fingerprint density at radius 3 is 2.48 bits per heavy atom. The second kappa shape index (κ2) is 13.5. The summed E-state index contributed by atoms with van der Waals surface area (Å²) in [7, 11) is 0. The van der Waals surface area contributed by atoms with Crippen molar-refractivity contribution >= 4 is 34.3 Å². The summed E-state index contributed by atoms with van der Waals surface area (Å²) in [5, 5.41) is 9.08. The number of ether oxygens (including phenoxy) is 4. The zero-order valence-electron chi connectivity index (χ0n) is 24.2. The number of hydrogen-bond donors (Lipinski definition) is 2. The number of nitrogens with one attached hydrogen (secondary N) is 2. The Kier molecular flexibility index (Phi) is 9.15. The molecule has 0 amide bonds. The first-order valence-electron chi connectivity index (χ1n) is 15.2. The van der Waals surface area contributed by atoms with Gasteiger partial charge in [0.15, 0.2) is 0 Å². The van der Waals surface area contributed by atoms with Gasteiger partial charge in [0.1, 0.15) is 23.3 Å². The van der Waals surface area contributed by atoms with Gasteiger partial charge in [-0.1, -0.05) is 18.2 Å². The van der Waals surface area contributed by atoms with Gasteiger partial charge in [0, 0.05) is 50.0 Å². The molecule has 42 heavy (non-hydrogen) atoms. The van der Waals surface area contributed by atoms with Crippen LogP contribution in [0.4, 0.5) is 17.6 Å². The molecule has 2 saturated heterocycles. The summed E-state index contributed by atoms with van der Waals surface area (Å²) in [6.45, 7) is 6.59. The van der Waals surface area contributed by atoms with Crippen molar-refractivity contribution in [3.05, 3.63) is 42.1 Å². The second-order valence-corrected chi connectivity index (χ2v) is 11.0. The molecule has 0 atom stereocenters. The third-order valence-electron chi connectivity index (χ3n) is 8.16. The van der Waals surface area contributed by atoms with Crippen LogP contribution in [0.15, 0.2) is 36.5 Å². The Labute approximate surface area is 246 Å². The minimum atomic E-state index is -0.423. The number of carbonyl (C=O) groups excluding carboxylic acids is 1. The van der Waals surface area contributed by atoms with Crippen LogP contribution in [0, 0.1) is 0 Å². The summed E-state index contributed by atoms with van der Waals surface area (Å²) in [4.78, 5) is 29.0. The lowest BCUT2D eigenvalue weighted by atomic mass is 9.93. The van der Waals surface area contributed by atoms with E-state index < -0.39 is 5.97 Å². The molecule has 3 aromatic rings. The summed E-state index contributed by atoms with van der Waals surface area (Å²) in [5.41, 5.74) is 0.350. The SMILES string of the molecule is CCOC(=O)c1cnc(NC2CCOCC2)nc1N[C@H]1CC[C@@H](Oc2nc(N3CCOCC3)cc3ccccc23)CC1. The Balaban J connectivity index is 1.13. The molecule has 11 nitrogen and oxygen atoms in total. The maximum Gasteiger partial charge on any atom is 0.343 e. The Bertz CT molecular complexity index is 1350. The second-order valence-electron chi connectivity index (χ2n) is 11.0. The number of aromatic nitrogens is 3. The number of anilines is 3. The lowest BCUT2D eigenvalue weighted by molar-refractivity contribution is 0.0526. The molecular weight excluding hydrogens is 536 g/mol. The summed E-state index contributed by atoms with van der Waals surface area (Å²) in [6.07, 6.45) is 6.89. The van der Waals surface area contributed by atoms with E-state index in [2.05, 4.69) is 38.7 Å². The normalized spacial score (nSPS) is 21.6. The molecule has 4 heterocycles. The van der Waals surface area contributed by atoms with Crippen LogP contribution in [0.2, 0.25) is 0 Å². The number of pyridine rings is 1. The van der Waals surface area contributed by atoms with Crippen LogP contribution in [-0.4, -0.2) is 85.2 Å². The van der Waals surface area contributed by atoms with Gasteiger partial charge in [-0.05, 0) is 63.0 Å². The highest BCUT2D eigenvalue weighted by Gasteiger charge is 2.27. The number of fused-ring (bicyclic) bond motifs is 1. The van der Waals surface area contributed by atoms with E-state index in [0.717, 1.165) is 81.4 Å². The van der Waals surface area contributed by atoms with Crippen LogP contribution in [0.25, 0.3) is 10.8 Å². The maximum absolute atomic E-state index is 12.7. The van der Waals surface area contributed by atoms with Gasteiger partial charge in [-0.2, -0.15) is 9.97 Å². The fourth-order valence-electron chi connectivity index (χ4n) is 5.82.